The van der Waals surface area contributed by atoms with Crippen LogP contribution in [0.25, 0.3) is 43.8 Å². The fraction of sp³-hybridized carbons (Fsp3) is 0.167. The molecule has 0 aliphatic heterocycles. The van der Waals surface area contributed by atoms with E-state index in [1.807, 2.05) is 0 Å². The van der Waals surface area contributed by atoms with Crippen LogP contribution in [0.2, 0.25) is 0 Å². The average Bonchev–Trinajstić information content (AvgIpc) is 3.56. The molecule has 0 N–H and O–H groups in total. The highest BCUT2D eigenvalue weighted by atomic mass is 15.1. The van der Waals surface area contributed by atoms with E-state index in [1.165, 1.54) is 71.7 Å². The minimum atomic E-state index is -0.211. The number of hydrogen-bond donors (Lipinski definition) is 0. The molecule has 9 rings (SSSR count). The Kier molecular flexibility index (Phi) is 6.55. The summed E-state index contributed by atoms with van der Waals surface area (Å²) in [6.07, 6.45) is 3.28. The quantitative estimate of drug-likeness (QED) is 0.130. The molecule has 2 aliphatic carbocycles. The Morgan fingerprint density at radius 2 is 1.12 bits per heavy atom. The largest absolute Gasteiger partial charge is 0.310 e. The Hall–Kier alpha value is -5.40. The number of fused-ring (bicyclic) bond motifs is 9. The normalized spacial score (nSPS) is 17.3. The summed E-state index contributed by atoms with van der Waals surface area (Å²) in [5.74, 6) is 0.422. The first-order valence-electron chi connectivity index (χ1n) is 17.7. The van der Waals surface area contributed by atoms with Gasteiger partial charge in [0, 0.05) is 27.9 Å². The van der Waals surface area contributed by atoms with Gasteiger partial charge in [-0.05, 0) is 108 Å². The van der Waals surface area contributed by atoms with Crippen LogP contribution in [0.5, 0.6) is 0 Å². The van der Waals surface area contributed by atoms with Gasteiger partial charge >= 0.3 is 0 Å². The molecule has 238 valence electrons. The second kappa shape index (κ2) is 10.8. The lowest BCUT2D eigenvalue weighted by Crippen LogP contribution is -2.30. The minimum Gasteiger partial charge on any atom is -0.310 e. The van der Waals surface area contributed by atoms with E-state index in [4.69, 9.17) is 0 Å². The van der Waals surface area contributed by atoms with E-state index < -0.39 is 0 Å². The van der Waals surface area contributed by atoms with E-state index in [0.29, 0.717) is 5.92 Å². The molecule has 0 saturated heterocycles. The van der Waals surface area contributed by atoms with Gasteiger partial charge in [0.2, 0.25) is 0 Å². The second-order valence-electron chi connectivity index (χ2n) is 14.6. The number of benzene rings is 7. The average molecular weight is 632 g/mol. The highest BCUT2D eigenvalue weighted by Crippen LogP contribution is 2.56. The maximum atomic E-state index is 4.44. The standard InChI is InChI=1S/C48H41N/c1-6-31(3)48(7-2)44-19-13-11-17-40(44)42-29-35(24-27-45(42)48)49(34-22-25-38-33(28-34)21-20-32-14-8-9-15-37(32)38)36-23-26-41-39-16-10-12-18-43(39)47(4,5)46(41)30-36/h7-31H,2,6H2,1,3-5H3. The number of rotatable bonds is 6. The summed E-state index contributed by atoms with van der Waals surface area (Å²) >= 11 is 0. The van der Waals surface area contributed by atoms with E-state index >= 15 is 0 Å². The van der Waals surface area contributed by atoms with Crippen molar-refractivity contribution in [2.24, 2.45) is 5.92 Å². The third kappa shape index (κ3) is 4.12. The fourth-order valence-electron chi connectivity index (χ4n) is 9.17. The Morgan fingerprint density at radius 3 is 1.92 bits per heavy atom. The topological polar surface area (TPSA) is 3.24 Å². The molecule has 0 heterocycles. The molecule has 1 nitrogen and oxygen atoms in total. The zero-order chi connectivity index (χ0) is 33.5. The van der Waals surface area contributed by atoms with Crippen LogP contribution in [0.4, 0.5) is 17.1 Å². The third-order valence-electron chi connectivity index (χ3n) is 11.9. The molecule has 0 bridgehead atoms. The fourth-order valence-corrected chi connectivity index (χ4v) is 9.17. The van der Waals surface area contributed by atoms with Gasteiger partial charge < -0.3 is 4.90 Å². The van der Waals surface area contributed by atoms with Crippen LogP contribution in [0, 0.1) is 5.92 Å². The summed E-state index contributed by atoms with van der Waals surface area (Å²) < 4.78 is 0. The van der Waals surface area contributed by atoms with Crippen molar-refractivity contribution in [3.05, 3.63) is 174 Å². The monoisotopic (exact) mass is 631 g/mol. The van der Waals surface area contributed by atoms with Crippen LogP contribution in [-0.2, 0) is 10.8 Å². The molecule has 2 atom stereocenters. The Morgan fingerprint density at radius 1 is 0.551 bits per heavy atom. The number of nitrogens with zero attached hydrogens (tertiary/aromatic N) is 1. The first-order chi connectivity index (χ1) is 23.9. The zero-order valence-corrected chi connectivity index (χ0v) is 28.8. The molecule has 0 radical (unpaired) electrons. The van der Waals surface area contributed by atoms with Crippen molar-refractivity contribution < 1.29 is 0 Å². The molecule has 0 amide bonds. The van der Waals surface area contributed by atoms with Crippen LogP contribution in [0.15, 0.2) is 152 Å². The van der Waals surface area contributed by atoms with Crippen LogP contribution in [-0.4, -0.2) is 0 Å². The maximum Gasteiger partial charge on any atom is 0.0468 e. The van der Waals surface area contributed by atoms with Crippen LogP contribution < -0.4 is 4.90 Å². The predicted molar refractivity (Wildman–Crippen MR) is 210 cm³/mol. The van der Waals surface area contributed by atoms with Crippen molar-refractivity contribution in [1.29, 1.82) is 0 Å². The summed E-state index contributed by atoms with van der Waals surface area (Å²) in [6, 6.07) is 52.3. The lowest BCUT2D eigenvalue weighted by Gasteiger charge is -2.35. The highest BCUT2D eigenvalue weighted by molar-refractivity contribution is 6.08. The lowest BCUT2D eigenvalue weighted by molar-refractivity contribution is 0.412. The van der Waals surface area contributed by atoms with Crippen molar-refractivity contribution in [3.8, 4) is 22.3 Å². The van der Waals surface area contributed by atoms with Crippen LogP contribution in [0.3, 0.4) is 0 Å². The van der Waals surface area contributed by atoms with Crippen molar-refractivity contribution >= 4 is 38.6 Å². The summed E-state index contributed by atoms with van der Waals surface area (Å²) in [5.41, 5.74) is 14.0. The molecule has 49 heavy (non-hydrogen) atoms. The highest BCUT2D eigenvalue weighted by Gasteiger charge is 2.44. The van der Waals surface area contributed by atoms with Crippen molar-refractivity contribution in [3.63, 3.8) is 0 Å². The molecular weight excluding hydrogens is 591 g/mol. The molecular formula is C48H41N. The Balaban J connectivity index is 1.28. The van der Waals surface area contributed by atoms with E-state index in [-0.39, 0.29) is 10.8 Å². The molecule has 0 fully saturated rings. The van der Waals surface area contributed by atoms with E-state index in [9.17, 15) is 0 Å². The van der Waals surface area contributed by atoms with E-state index in [2.05, 4.69) is 185 Å². The molecule has 0 aromatic heterocycles. The van der Waals surface area contributed by atoms with Crippen molar-refractivity contribution in [2.45, 2.75) is 44.9 Å². The predicted octanol–water partition coefficient (Wildman–Crippen LogP) is 13.3. The molecule has 2 aliphatic rings. The van der Waals surface area contributed by atoms with Gasteiger partial charge in [-0.1, -0.05) is 143 Å². The minimum absolute atomic E-state index is 0.0906. The zero-order valence-electron chi connectivity index (χ0n) is 28.8. The molecule has 0 spiro atoms. The van der Waals surface area contributed by atoms with Crippen LogP contribution in [0.1, 0.15) is 56.4 Å². The lowest BCUT2D eigenvalue weighted by atomic mass is 9.68. The summed E-state index contributed by atoms with van der Waals surface area (Å²) in [6.45, 7) is 13.8. The first-order valence-corrected chi connectivity index (χ1v) is 17.7. The molecule has 7 aromatic rings. The van der Waals surface area contributed by atoms with Crippen molar-refractivity contribution in [2.75, 3.05) is 4.90 Å². The van der Waals surface area contributed by atoms with E-state index in [0.717, 1.165) is 17.8 Å². The van der Waals surface area contributed by atoms with Crippen molar-refractivity contribution in [1.82, 2.24) is 0 Å². The Labute approximate surface area is 290 Å². The number of allylic oxidation sites excluding steroid dienone is 1. The summed E-state index contributed by atoms with van der Waals surface area (Å²) in [5, 5.41) is 5.07. The van der Waals surface area contributed by atoms with Gasteiger partial charge in [-0.15, -0.1) is 6.58 Å². The van der Waals surface area contributed by atoms with Gasteiger partial charge in [0.05, 0.1) is 0 Å². The van der Waals surface area contributed by atoms with E-state index in [1.54, 1.807) is 0 Å². The number of hydrogen-bond acceptors (Lipinski definition) is 1. The number of anilines is 3. The third-order valence-corrected chi connectivity index (χ3v) is 11.9. The molecule has 7 aromatic carbocycles. The van der Waals surface area contributed by atoms with Gasteiger partial charge in [0.15, 0.2) is 0 Å². The SMILES string of the molecule is C=CC1(C(C)CC)c2ccccc2-c2cc(N(c3ccc4c(c3)C(C)(C)c3ccccc3-4)c3ccc4c(ccc5ccccc54)c3)ccc21. The second-order valence-corrected chi connectivity index (χ2v) is 14.6. The molecule has 1 heteroatoms. The maximum absolute atomic E-state index is 4.44. The summed E-state index contributed by atoms with van der Waals surface area (Å²) in [7, 11) is 0. The Bertz CT molecular complexity index is 2460. The summed E-state index contributed by atoms with van der Waals surface area (Å²) in [4.78, 5) is 2.47. The van der Waals surface area contributed by atoms with Gasteiger partial charge in [-0.2, -0.15) is 0 Å². The first kappa shape index (κ1) is 29.7. The smallest absolute Gasteiger partial charge is 0.0468 e. The van der Waals surface area contributed by atoms with Gasteiger partial charge in [-0.3, -0.25) is 0 Å². The van der Waals surface area contributed by atoms with Gasteiger partial charge in [0.25, 0.3) is 0 Å². The van der Waals surface area contributed by atoms with Crippen LogP contribution >= 0.6 is 0 Å². The van der Waals surface area contributed by atoms with Gasteiger partial charge in [0.1, 0.15) is 0 Å². The van der Waals surface area contributed by atoms with Gasteiger partial charge in [-0.25, -0.2) is 0 Å². The molecule has 0 saturated carbocycles. The molecule has 2 unspecified atom stereocenters.